The van der Waals surface area contributed by atoms with Crippen LogP contribution in [-0.2, 0) is 10.8 Å². The molecule has 108 valence electrons. The van der Waals surface area contributed by atoms with Gasteiger partial charge in [-0.1, -0.05) is 24.8 Å². The summed E-state index contributed by atoms with van der Waals surface area (Å²) < 4.78 is 11.2. The van der Waals surface area contributed by atoms with Crippen LogP contribution in [0.2, 0.25) is 0 Å². The molecule has 0 spiro atoms. The van der Waals surface area contributed by atoms with Gasteiger partial charge in [-0.3, -0.25) is 9.00 Å². The molecule has 0 fully saturated rings. The van der Waals surface area contributed by atoms with Gasteiger partial charge in [-0.05, 0) is 24.6 Å². The summed E-state index contributed by atoms with van der Waals surface area (Å²) in [6.45, 7) is 2.71. The Balaban J connectivity index is 2.57. The Morgan fingerprint density at radius 2 is 2.25 bits per heavy atom. The van der Waals surface area contributed by atoms with E-state index >= 15 is 0 Å². The molecule has 0 saturated heterocycles. The van der Waals surface area contributed by atoms with Crippen molar-refractivity contribution in [1.82, 2.24) is 5.32 Å². The Kier molecular flexibility index (Phi) is 6.99. The number of benzene rings is 1. The molecule has 4 nitrogen and oxygen atoms in total. The predicted molar refractivity (Wildman–Crippen MR) is 82.9 cm³/mol. The molecule has 2 unspecified atom stereocenters. The second-order valence-electron chi connectivity index (χ2n) is 4.44. The van der Waals surface area contributed by atoms with E-state index in [4.69, 9.17) is 5.73 Å². The second-order valence-corrected chi connectivity index (χ2v) is 6.24. The maximum absolute atomic E-state index is 12.0. The first kappa shape index (κ1) is 16.4. The lowest BCUT2D eigenvalue weighted by molar-refractivity contribution is 0.0953. The second kappa shape index (κ2) is 8.51. The molecule has 0 saturated carbocycles. The van der Waals surface area contributed by atoms with Crippen LogP contribution >= 0.6 is 0 Å². The zero-order chi connectivity index (χ0) is 15.0. The third-order valence-electron chi connectivity index (χ3n) is 2.86. The summed E-state index contributed by atoms with van der Waals surface area (Å²) >= 11 is 0. The van der Waals surface area contributed by atoms with Crippen LogP contribution in [-0.4, -0.2) is 34.7 Å². The molecule has 0 aromatic heterocycles. The maximum Gasteiger partial charge on any atom is 0.251 e. The highest BCUT2D eigenvalue weighted by molar-refractivity contribution is 7.84. The Morgan fingerprint density at radius 1 is 1.50 bits per heavy atom. The number of hydrogen-bond donors (Lipinski definition) is 2. The third-order valence-corrected chi connectivity index (χ3v) is 4.23. The van der Waals surface area contributed by atoms with E-state index in [2.05, 4.69) is 17.2 Å². The van der Waals surface area contributed by atoms with Gasteiger partial charge >= 0.3 is 0 Å². The lowest BCUT2D eigenvalue weighted by atomic mass is 10.1. The van der Waals surface area contributed by atoms with Crippen molar-refractivity contribution in [2.75, 3.05) is 19.3 Å². The van der Waals surface area contributed by atoms with E-state index < -0.39 is 10.8 Å². The zero-order valence-corrected chi connectivity index (χ0v) is 12.6. The molecule has 5 heteroatoms. The van der Waals surface area contributed by atoms with E-state index in [0.29, 0.717) is 25.1 Å². The molecule has 20 heavy (non-hydrogen) atoms. The van der Waals surface area contributed by atoms with Gasteiger partial charge in [-0.25, -0.2) is 0 Å². The van der Waals surface area contributed by atoms with Gasteiger partial charge in [0.2, 0.25) is 0 Å². The molecule has 0 aliphatic heterocycles. The van der Waals surface area contributed by atoms with Gasteiger partial charge in [0.25, 0.3) is 5.91 Å². The number of nitrogens with two attached hydrogens (primary N) is 1. The molecular formula is C15H20N2O2S. The van der Waals surface area contributed by atoms with Crippen molar-refractivity contribution in [2.24, 2.45) is 5.73 Å². The van der Waals surface area contributed by atoms with Crippen molar-refractivity contribution < 1.29 is 9.00 Å². The zero-order valence-electron chi connectivity index (χ0n) is 11.8. The fourth-order valence-electron chi connectivity index (χ4n) is 1.55. The average molecular weight is 292 g/mol. The normalized spacial score (nSPS) is 12.9. The predicted octanol–water partition coefficient (Wildman–Crippen LogP) is 0.884. The summed E-state index contributed by atoms with van der Waals surface area (Å²) in [7, 11) is -0.858. The summed E-state index contributed by atoms with van der Waals surface area (Å²) in [5, 5.41) is 2.90. The molecule has 1 aromatic carbocycles. The number of nitrogens with one attached hydrogen (secondary N) is 1. The SMILES string of the molecule is CC(CCNC(=O)c1cccc(C#CCN)c1)S(C)=O. The van der Waals surface area contributed by atoms with Gasteiger partial charge in [-0.2, -0.15) is 0 Å². The van der Waals surface area contributed by atoms with Crippen LogP contribution in [0, 0.1) is 11.8 Å². The monoisotopic (exact) mass is 292 g/mol. The van der Waals surface area contributed by atoms with Crippen LogP contribution in [0.5, 0.6) is 0 Å². The summed E-state index contributed by atoms with van der Waals surface area (Å²) in [4.78, 5) is 12.0. The molecule has 1 aromatic rings. The van der Waals surface area contributed by atoms with Crippen molar-refractivity contribution in [2.45, 2.75) is 18.6 Å². The van der Waals surface area contributed by atoms with Crippen molar-refractivity contribution in [3.8, 4) is 11.8 Å². The number of carbonyl (C=O) groups excluding carboxylic acids is 1. The number of hydrogen-bond acceptors (Lipinski definition) is 3. The van der Waals surface area contributed by atoms with E-state index in [-0.39, 0.29) is 11.2 Å². The standard InChI is InChI=1S/C15H20N2O2S/c1-12(20(2)19)8-10-17-15(18)14-7-3-5-13(11-14)6-4-9-16/h3,5,7,11-12H,8-10,16H2,1-2H3,(H,17,18). The van der Waals surface area contributed by atoms with Gasteiger partial charge in [0.05, 0.1) is 6.54 Å². The quantitative estimate of drug-likeness (QED) is 0.792. The van der Waals surface area contributed by atoms with E-state index in [1.165, 1.54) is 0 Å². The highest BCUT2D eigenvalue weighted by Crippen LogP contribution is 2.04. The Bertz CT molecular complexity index is 546. The first-order valence-corrected chi connectivity index (χ1v) is 8.06. The number of rotatable bonds is 5. The highest BCUT2D eigenvalue weighted by atomic mass is 32.2. The molecule has 0 bridgehead atoms. The Labute approximate surface area is 122 Å². The van der Waals surface area contributed by atoms with Gasteiger partial charge in [0.15, 0.2) is 0 Å². The smallest absolute Gasteiger partial charge is 0.251 e. The fraction of sp³-hybridized carbons (Fsp3) is 0.400. The molecule has 0 heterocycles. The van der Waals surface area contributed by atoms with Gasteiger partial charge in [-0.15, -0.1) is 0 Å². The van der Waals surface area contributed by atoms with Crippen LogP contribution in [0.4, 0.5) is 0 Å². The summed E-state index contributed by atoms with van der Waals surface area (Å²) in [6.07, 6.45) is 2.37. The van der Waals surface area contributed by atoms with Gasteiger partial charge in [0.1, 0.15) is 0 Å². The van der Waals surface area contributed by atoms with Gasteiger partial charge < -0.3 is 11.1 Å². The van der Waals surface area contributed by atoms with Crippen LogP contribution in [0.3, 0.4) is 0 Å². The molecule has 1 amide bonds. The molecule has 3 N–H and O–H groups in total. The lowest BCUT2D eigenvalue weighted by Gasteiger charge is -2.09. The number of carbonyl (C=O) groups is 1. The maximum atomic E-state index is 12.0. The summed E-state index contributed by atoms with van der Waals surface area (Å²) in [6, 6.07) is 7.10. The third kappa shape index (κ3) is 5.55. The van der Waals surface area contributed by atoms with Crippen molar-refractivity contribution in [3.05, 3.63) is 35.4 Å². The summed E-state index contributed by atoms with van der Waals surface area (Å²) in [5.74, 6) is 5.50. The summed E-state index contributed by atoms with van der Waals surface area (Å²) in [5.41, 5.74) is 6.65. The highest BCUT2D eigenvalue weighted by Gasteiger charge is 2.08. The van der Waals surface area contributed by atoms with Crippen molar-refractivity contribution in [3.63, 3.8) is 0 Å². The topological polar surface area (TPSA) is 72.2 Å². The van der Waals surface area contributed by atoms with Crippen molar-refractivity contribution >= 4 is 16.7 Å². The van der Waals surface area contributed by atoms with E-state index in [0.717, 1.165) is 5.56 Å². The van der Waals surface area contributed by atoms with E-state index in [9.17, 15) is 9.00 Å². The minimum atomic E-state index is -0.858. The Morgan fingerprint density at radius 3 is 2.90 bits per heavy atom. The van der Waals surface area contributed by atoms with Crippen LogP contribution in [0.1, 0.15) is 29.3 Å². The van der Waals surface area contributed by atoms with Gasteiger partial charge in [0, 0.05) is 40.0 Å². The lowest BCUT2D eigenvalue weighted by Crippen LogP contribution is -2.27. The van der Waals surface area contributed by atoms with Crippen LogP contribution in [0.15, 0.2) is 24.3 Å². The molecule has 0 radical (unpaired) electrons. The first-order chi connectivity index (χ1) is 9.54. The molecule has 0 aliphatic rings. The molecule has 2 atom stereocenters. The minimum Gasteiger partial charge on any atom is -0.352 e. The average Bonchev–Trinajstić information content (AvgIpc) is 2.45. The van der Waals surface area contributed by atoms with E-state index in [1.807, 2.05) is 13.0 Å². The van der Waals surface area contributed by atoms with Crippen molar-refractivity contribution in [1.29, 1.82) is 0 Å². The van der Waals surface area contributed by atoms with Crippen LogP contribution in [0.25, 0.3) is 0 Å². The number of amides is 1. The fourth-order valence-corrected chi connectivity index (χ4v) is 2.00. The molecule has 1 rings (SSSR count). The molecule has 0 aliphatic carbocycles. The minimum absolute atomic E-state index is 0.0806. The Hall–Kier alpha value is -1.64. The largest absolute Gasteiger partial charge is 0.352 e. The first-order valence-electron chi connectivity index (χ1n) is 6.44. The van der Waals surface area contributed by atoms with E-state index in [1.54, 1.807) is 24.5 Å². The molecular weight excluding hydrogens is 272 g/mol. The van der Waals surface area contributed by atoms with Crippen LogP contribution < -0.4 is 11.1 Å².